The highest BCUT2D eigenvalue weighted by Crippen LogP contribution is 2.21. The van der Waals surface area contributed by atoms with Crippen molar-refractivity contribution < 1.29 is 4.79 Å². The minimum atomic E-state index is 0.286. The average molecular weight is 155 g/mol. The fraction of sp³-hybridized carbons (Fsp3) is 0.889. The molecule has 0 aromatic carbocycles. The maximum Gasteiger partial charge on any atom is 0.138 e. The lowest BCUT2D eigenvalue weighted by Crippen LogP contribution is -2.45. The van der Waals surface area contributed by atoms with Crippen LogP contribution >= 0.6 is 0 Å². The maximum atomic E-state index is 11.4. The average Bonchev–Trinajstić information content (AvgIpc) is 1.99. The number of carbonyl (C=O) groups is 1. The molecule has 1 aliphatic heterocycles. The van der Waals surface area contributed by atoms with Crippen molar-refractivity contribution in [3.05, 3.63) is 0 Å². The molecule has 1 heterocycles. The Morgan fingerprint density at radius 3 is 2.73 bits per heavy atom. The van der Waals surface area contributed by atoms with Crippen LogP contribution in [0.3, 0.4) is 0 Å². The molecule has 1 rings (SSSR count). The lowest BCUT2D eigenvalue weighted by molar-refractivity contribution is -0.128. The smallest absolute Gasteiger partial charge is 0.138 e. The van der Waals surface area contributed by atoms with Crippen LogP contribution in [0, 0.1) is 5.92 Å². The van der Waals surface area contributed by atoms with Gasteiger partial charge in [-0.2, -0.15) is 0 Å². The van der Waals surface area contributed by atoms with Crippen molar-refractivity contribution >= 4 is 5.78 Å². The molecule has 1 aliphatic rings. The van der Waals surface area contributed by atoms with Gasteiger partial charge in [-0.05, 0) is 20.4 Å². The van der Waals surface area contributed by atoms with Gasteiger partial charge in [0.05, 0.1) is 0 Å². The standard InChI is InChI=1S/C9H17NO/c1-4-8-7(2)10(3)6-5-9(8)11/h7-8H,4-6H2,1-3H3. The number of ketones is 1. The number of hydrogen-bond donors (Lipinski definition) is 0. The van der Waals surface area contributed by atoms with Crippen LogP contribution in [0.4, 0.5) is 0 Å². The molecule has 11 heavy (non-hydrogen) atoms. The molecule has 2 nitrogen and oxygen atoms in total. The van der Waals surface area contributed by atoms with Gasteiger partial charge >= 0.3 is 0 Å². The van der Waals surface area contributed by atoms with Crippen molar-refractivity contribution in [2.45, 2.75) is 32.7 Å². The van der Waals surface area contributed by atoms with Crippen LogP contribution in [-0.2, 0) is 4.79 Å². The van der Waals surface area contributed by atoms with Gasteiger partial charge in [-0.3, -0.25) is 4.79 Å². The fourth-order valence-corrected chi connectivity index (χ4v) is 1.82. The van der Waals surface area contributed by atoms with E-state index >= 15 is 0 Å². The third-order valence-electron chi connectivity index (χ3n) is 2.84. The molecule has 0 spiro atoms. The summed E-state index contributed by atoms with van der Waals surface area (Å²) >= 11 is 0. The predicted octanol–water partition coefficient (Wildman–Crippen LogP) is 1.31. The molecular weight excluding hydrogens is 138 g/mol. The highest BCUT2D eigenvalue weighted by Gasteiger charge is 2.30. The third kappa shape index (κ3) is 1.62. The van der Waals surface area contributed by atoms with Crippen LogP contribution in [0.15, 0.2) is 0 Å². The zero-order chi connectivity index (χ0) is 8.43. The molecule has 2 heteroatoms. The van der Waals surface area contributed by atoms with Gasteiger partial charge in [-0.1, -0.05) is 6.92 Å². The Bertz CT molecular complexity index is 156. The largest absolute Gasteiger partial charge is 0.303 e. The lowest BCUT2D eigenvalue weighted by Gasteiger charge is -2.35. The molecule has 1 fully saturated rings. The monoisotopic (exact) mass is 155 g/mol. The molecule has 0 aromatic rings. The minimum Gasteiger partial charge on any atom is -0.303 e. The zero-order valence-corrected chi connectivity index (χ0v) is 7.63. The first-order valence-corrected chi connectivity index (χ1v) is 4.39. The van der Waals surface area contributed by atoms with Crippen molar-refractivity contribution in [2.24, 2.45) is 5.92 Å². The number of nitrogens with zero attached hydrogens (tertiary/aromatic N) is 1. The van der Waals surface area contributed by atoms with Crippen LogP contribution in [0.5, 0.6) is 0 Å². The quantitative estimate of drug-likeness (QED) is 0.569. The van der Waals surface area contributed by atoms with Gasteiger partial charge < -0.3 is 4.90 Å². The summed E-state index contributed by atoms with van der Waals surface area (Å²) in [7, 11) is 2.10. The second-order valence-electron chi connectivity index (χ2n) is 3.45. The molecule has 0 amide bonds. The van der Waals surface area contributed by atoms with E-state index in [1.807, 2.05) is 0 Å². The Morgan fingerprint density at radius 2 is 2.27 bits per heavy atom. The minimum absolute atomic E-state index is 0.286. The van der Waals surface area contributed by atoms with Gasteiger partial charge in [0.1, 0.15) is 5.78 Å². The van der Waals surface area contributed by atoms with Gasteiger partial charge in [0, 0.05) is 24.9 Å². The summed E-state index contributed by atoms with van der Waals surface area (Å²) in [5.41, 5.74) is 0. The van der Waals surface area contributed by atoms with Gasteiger partial charge in [0.2, 0.25) is 0 Å². The molecule has 2 atom stereocenters. The Labute approximate surface area is 68.6 Å². The van der Waals surface area contributed by atoms with Crippen LogP contribution < -0.4 is 0 Å². The first-order valence-electron chi connectivity index (χ1n) is 4.39. The molecule has 0 saturated carbocycles. The van der Waals surface area contributed by atoms with E-state index in [1.165, 1.54) is 0 Å². The first kappa shape index (κ1) is 8.72. The number of Topliss-reactive ketones (excluding diaryl/α,β-unsaturated/α-hetero) is 1. The van der Waals surface area contributed by atoms with Gasteiger partial charge in [-0.25, -0.2) is 0 Å². The molecule has 0 radical (unpaired) electrons. The van der Waals surface area contributed by atoms with Crippen molar-refractivity contribution in [3.63, 3.8) is 0 Å². The van der Waals surface area contributed by atoms with E-state index < -0.39 is 0 Å². The molecule has 0 N–H and O–H groups in total. The zero-order valence-electron chi connectivity index (χ0n) is 7.63. The van der Waals surface area contributed by atoms with Crippen LogP contribution in [0.2, 0.25) is 0 Å². The van der Waals surface area contributed by atoms with E-state index in [-0.39, 0.29) is 5.92 Å². The summed E-state index contributed by atoms with van der Waals surface area (Å²) in [6, 6.07) is 0.446. The van der Waals surface area contributed by atoms with Gasteiger partial charge in [-0.15, -0.1) is 0 Å². The van der Waals surface area contributed by atoms with Crippen LogP contribution in [0.1, 0.15) is 26.7 Å². The second kappa shape index (κ2) is 3.35. The summed E-state index contributed by atoms with van der Waals surface area (Å²) in [6.45, 7) is 5.18. The summed E-state index contributed by atoms with van der Waals surface area (Å²) in [5.74, 6) is 0.742. The lowest BCUT2D eigenvalue weighted by atomic mass is 9.87. The van der Waals surface area contributed by atoms with E-state index in [1.54, 1.807) is 0 Å². The van der Waals surface area contributed by atoms with Crippen LogP contribution in [-0.4, -0.2) is 30.3 Å². The Kier molecular flexibility index (Phi) is 2.66. The Balaban J connectivity index is 2.63. The van der Waals surface area contributed by atoms with E-state index in [4.69, 9.17) is 0 Å². The molecule has 0 aromatic heterocycles. The molecule has 64 valence electrons. The number of likely N-dealkylation sites (tertiary alicyclic amines) is 1. The summed E-state index contributed by atoms with van der Waals surface area (Å²) in [4.78, 5) is 13.6. The van der Waals surface area contributed by atoms with E-state index in [0.717, 1.165) is 19.4 Å². The highest BCUT2D eigenvalue weighted by molar-refractivity contribution is 5.82. The normalized spacial score (nSPS) is 34.3. The highest BCUT2D eigenvalue weighted by atomic mass is 16.1. The molecule has 0 aliphatic carbocycles. The predicted molar refractivity (Wildman–Crippen MR) is 45.5 cm³/mol. The van der Waals surface area contributed by atoms with Crippen molar-refractivity contribution in [1.82, 2.24) is 4.90 Å². The van der Waals surface area contributed by atoms with Crippen LogP contribution in [0.25, 0.3) is 0 Å². The SMILES string of the molecule is CCC1C(=O)CCN(C)C1C. The number of hydrogen-bond acceptors (Lipinski definition) is 2. The third-order valence-corrected chi connectivity index (χ3v) is 2.84. The van der Waals surface area contributed by atoms with Crippen molar-refractivity contribution in [1.29, 1.82) is 0 Å². The molecule has 2 unspecified atom stereocenters. The summed E-state index contributed by atoms with van der Waals surface area (Å²) < 4.78 is 0. The number of rotatable bonds is 1. The van der Waals surface area contributed by atoms with E-state index in [9.17, 15) is 4.79 Å². The summed E-state index contributed by atoms with van der Waals surface area (Å²) in [5, 5.41) is 0. The maximum absolute atomic E-state index is 11.4. The molecular formula is C9H17NO. The first-order chi connectivity index (χ1) is 5.16. The van der Waals surface area contributed by atoms with Gasteiger partial charge in [0.25, 0.3) is 0 Å². The molecule has 0 bridgehead atoms. The second-order valence-corrected chi connectivity index (χ2v) is 3.45. The summed E-state index contributed by atoms with van der Waals surface area (Å²) in [6.07, 6.45) is 1.74. The Morgan fingerprint density at radius 1 is 1.64 bits per heavy atom. The Hall–Kier alpha value is -0.370. The van der Waals surface area contributed by atoms with E-state index in [0.29, 0.717) is 11.8 Å². The van der Waals surface area contributed by atoms with Crippen molar-refractivity contribution in [3.8, 4) is 0 Å². The van der Waals surface area contributed by atoms with Gasteiger partial charge in [0.15, 0.2) is 0 Å². The molecule has 1 saturated heterocycles. The fourth-order valence-electron chi connectivity index (χ4n) is 1.82. The number of piperidine rings is 1. The van der Waals surface area contributed by atoms with E-state index in [2.05, 4.69) is 25.8 Å². The van der Waals surface area contributed by atoms with Crippen molar-refractivity contribution in [2.75, 3.05) is 13.6 Å². The topological polar surface area (TPSA) is 20.3 Å². The number of carbonyl (C=O) groups excluding carboxylic acids is 1.